The predicted molar refractivity (Wildman–Crippen MR) is 294 cm³/mol. The van der Waals surface area contributed by atoms with Crippen LogP contribution in [0, 0.1) is 0 Å². The fourth-order valence-electron chi connectivity index (χ4n) is 9.29. The Kier molecular flexibility index (Phi) is 46.8. The molecule has 1 aliphatic heterocycles. The summed E-state index contributed by atoms with van der Waals surface area (Å²) in [5.41, 5.74) is 0. The van der Waals surface area contributed by atoms with Crippen LogP contribution in [0.5, 0.6) is 0 Å². The van der Waals surface area contributed by atoms with Gasteiger partial charge in [0.05, 0.1) is 6.61 Å². The number of carbonyl (C=O) groups is 4. The van der Waals surface area contributed by atoms with Crippen molar-refractivity contribution in [3.05, 3.63) is 24.3 Å². The maximum absolute atomic E-state index is 13.1. The van der Waals surface area contributed by atoms with Gasteiger partial charge in [-0.05, 0) is 64.2 Å². The number of carbonyl (C=O) groups excluding carboxylic acids is 3. The third-order valence-electron chi connectivity index (χ3n) is 14.0. The van der Waals surface area contributed by atoms with Gasteiger partial charge in [0.15, 0.2) is 24.6 Å². The van der Waals surface area contributed by atoms with Gasteiger partial charge in [0, 0.05) is 19.3 Å². The van der Waals surface area contributed by atoms with Crippen molar-refractivity contribution < 1.29 is 58.2 Å². The molecular weight excluding hydrogens is 925 g/mol. The second-order valence-electron chi connectivity index (χ2n) is 21.0. The Balaban J connectivity index is 2.63. The van der Waals surface area contributed by atoms with Crippen LogP contribution in [0.1, 0.15) is 290 Å². The molecule has 0 aromatic heterocycles. The smallest absolute Gasteiger partial charge is 0.335 e. The number of allylic oxidation sites excluding steroid dienone is 4. The van der Waals surface area contributed by atoms with E-state index in [9.17, 15) is 34.5 Å². The Labute approximate surface area is 445 Å². The number of rotatable bonds is 52. The zero-order chi connectivity index (χ0) is 53.3. The van der Waals surface area contributed by atoms with Crippen LogP contribution >= 0.6 is 0 Å². The fourth-order valence-corrected chi connectivity index (χ4v) is 9.29. The molecule has 1 saturated heterocycles. The highest BCUT2D eigenvalue weighted by Crippen LogP contribution is 2.27. The van der Waals surface area contributed by atoms with Gasteiger partial charge < -0.3 is 39.0 Å². The highest BCUT2D eigenvalue weighted by molar-refractivity contribution is 5.74. The van der Waals surface area contributed by atoms with Crippen LogP contribution in [0.25, 0.3) is 0 Å². The first-order valence-corrected chi connectivity index (χ1v) is 30.3. The lowest BCUT2D eigenvalue weighted by Crippen LogP contribution is -2.61. The van der Waals surface area contributed by atoms with E-state index in [1.165, 1.54) is 148 Å². The monoisotopic (exact) mass is 1030 g/mol. The van der Waals surface area contributed by atoms with Crippen molar-refractivity contribution in [2.24, 2.45) is 0 Å². The second kappa shape index (κ2) is 50.0. The van der Waals surface area contributed by atoms with Gasteiger partial charge in [0.2, 0.25) is 0 Å². The molecule has 3 N–H and O–H groups in total. The molecule has 1 aliphatic rings. The summed E-state index contributed by atoms with van der Waals surface area (Å²) < 4.78 is 28.4. The number of ether oxygens (including phenoxy) is 5. The predicted octanol–water partition coefficient (Wildman–Crippen LogP) is 15.5. The van der Waals surface area contributed by atoms with Crippen molar-refractivity contribution in [2.45, 2.75) is 327 Å². The third-order valence-corrected chi connectivity index (χ3v) is 14.0. The van der Waals surface area contributed by atoms with E-state index < -0.39 is 67.3 Å². The van der Waals surface area contributed by atoms with Gasteiger partial charge in [0.1, 0.15) is 18.8 Å². The molecule has 0 bridgehead atoms. The first-order chi connectivity index (χ1) is 35.6. The van der Waals surface area contributed by atoms with Crippen LogP contribution in [-0.4, -0.2) is 89.2 Å². The molecular formula is C61H110O12. The molecule has 6 atom stereocenters. The molecule has 1 rings (SSSR count). The summed E-state index contributed by atoms with van der Waals surface area (Å²) in [4.78, 5) is 51.1. The SMILES string of the molecule is CCCC/C=C\CCCCCCCC(=O)OC(COC(=O)CCCCCCCCCCC/C=C\CCCCCCCC)COC1OC(C(=O)O)C(O)C(O)C1OC(=O)CCCCCCCCCCCCCCC. The molecule has 0 spiro atoms. The molecule has 1 fully saturated rings. The molecule has 0 radical (unpaired) electrons. The maximum atomic E-state index is 13.1. The molecule has 12 nitrogen and oxygen atoms in total. The van der Waals surface area contributed by atoms with E-state index in [1.54, 1.807) is 0 Å². The third kappa shape index (κ3) is 40.2. The van der Waals surface area contributed by atoms with Gasteiger partial charge in [-0.25, -0.2) is 4.79 Å². The zero-order valence-corrected chi connectivity index (χ0v) is 46.9. The fraction of sp³-hybridized carbons (Fsp3) is 0.869. The number of aliphatic hydroxyl groups is 2. The normalized spacial score (nSPS) is 18.4. The minimum atomic E-state index is -1.90. The van der Waals surface area contributed by atoms with Crippen molar-refractivity contribution in [1.29, 1.82) is 0 Å². The molecule has 0 saturated carbocycles. The van der Waals surface area contributed by atoms with E-state index in [4.69, 9.17) is 23.7 Å². The lowest BCUT2D eigenvalue weighted by molar-refractivity contribution is -0.301. The standard InChI is InChI=1S/C61H110O12/c1-4-7-10-13-16-19-22-24-25-26-27-28-29-31-33-35-38-41-44-47-53(62)69-50-52(71-54(63)48-45-42-39-36-32-21-18-15-12-9-6-3)51-70-61-59(57(66)56(65)58(73-61)60(67)68)72-55(64)49-46-43-40-37-34-30-23-20-17-14-11-8-5-2/h15,18,24-25,52,56-59,61,65-66H,4-14,16-17,19-23,26-51H2,1-3H3,(H,67,68)/b18-15-,25-24-. The number of carboxylic acid groups (broad SMARTS) is 1. The van der Waals surface area contributed by atoms with E-state index in [0.29, 0.717) is 19.3 Å². The van der Waals surface area contributed by atoms with Crippen LogP contribution in [-0.2, 0) is 42.9 Å². The highest BCUT2D eigenvalue weighted by atomic mass is 16.7. The largest absolute Gasteiger partial charge is 0.479 e. The minimum absolute atomic E-state index is 0.0656. The number of esters is 3. The summed E-state index contributed by atoms with van der Waals surface area (Å²) in [5, 5.41) is 31.4. The van der Waals surface area contributed by atoms with Crippen molar-refractivity contribution in [1.82, 2.24) is 0 Å². The molecule has 0 aromatic rings. The van der Waals surface area contributed by atoms with Crippen molar-refractivity contribution >= 4 is 23.9 Å². The number of carboxylic acids is 1. The number of hydrogen-bond acceptors (Lipinski definition) is 11. The Hall–Kier alpha value is -2.80. The van der Waals surface area contributed by atoms with Crippen molar-refractivity contribution in [2.75, 3.05) is 13.2 Å². The quantitative estimate of drug-likeness (QED) is 0.0228. The lowest BCUT2D eigenvalue weighted by Gasteiger charge is -2.40. The van der Waals surface area contributed by atoms with Crippen molar-refractivity contribution in [3.8, 4) is 0 Å². The molecule has 6 unspecified atom stereocenters. The Morgan fingerprint density at radius 1 is 0.438 bits per heavy atom. The van der Waals surface area contributed by atoms with Crippen LogP contribution in [0.4, 0.5) is 0 Å². The second-order valence-corrected chi connectivity index (χ2v) is 21.0. The summed E-state index contributed by atoms with van der Waals surface area (Å²) in [6.45, 7) is 5.96. The molecule has 0 amide bonds. The number of aliphatic hydroxyl groups excluding tert-OH is 2. The van der Waals surface area contributed by atoms with Gasteiger partial charge in [-0.2, -0.15) is 0 Å². The van der Waals surface area contributed by atoms with Gasteiger partial charge in [-0.1, -0.05) is 231 Å². The van der Waals surface area contributed by atoms with E-state index in [1.807, 2.05) is 0 Å². The van der Waals surface area contributed by atoms with Crippen LogP contribution in [0.3, 0.4) is 0 Å². The Morgan fingerprint density at radius 2 is 0.795 bits per heavy atom. The van der Waals surface area contributed by atoms with Crippen LogP contribution < -0.4 is 0 Å². The number of unbranched alkanes of at least 4 members (excludes halogenated alkanes) is 34. The average molecular weight is 1040 g/mol. The van der Waals surface area contributed by atoms with E-state index in [2.05, 4.69) is 45.1 Å². The van der Waals surface area contributed by atoms with Gasteiger partial charge in [-0.15, -0.1) is 0 Å². The summed E-state index contributed by atoms with van der Waals surface area (Å²) in [6, 6.07) is 0. The maximum Gasteiger partial charge on any atom is 0.335 e. The molecule has 0 aliphatic carbocycles. The van der Waals surface area contributed by atoms with E-state index >= 15 is 0 Å². The summed E-state index contributed by atoms with van der Waals surface area (Å²) >= 11 is 0. The van der Waals surface area contributed by atoms with E-state index in [-0.39, 0.29) is 25.9 Å². The number of hydrogen-bond donors (Lipinski definition) is 3. The van der Waals surface area contributed by atoms with Crippen LogP contribution in [0.15, 0.2) is 24.3 Å². The highest BCUT2D eigenvalue weighted by Gasteiger charge is 2.50. The van der Waals surface area contributed by atoms with Crippen molar-refractivity contribution in [3.63, 3.8) is 0 Å². The Morgan fingerprint density at radius 3 is 1.21 bits per heavy atom. The first kappa shape index (κ1) is 68.2. The van der Waals surface area contributed by atoms with Crippen LogP contribution in [0.2, 0.25) is 0 Å². The molecule has 1 heterocycles. The summed E-state index contributed by atoms with van der Waals surface area (Å²) in [5.74, 6) is -3.10. The Bertz CT molecular complexity index is 1370. The number of aliphatic carboxylic acids is 1. The molecule has 12 heteroatoms. The summed E-state index contributed by atoms with van der Waals surface area (Å²) in [6.07, 6.45) is 44.4. The van der Waals surface area contributed by atoms with Gasteiger partial charge in [0.25, 0.3) is 0 Å². The lowest BCUT2D eigenvalue weighted by atomic mass is 9.98. The van der Waals surface area contributed by atoms with Gasteiger partial charge in [-0.3, -0.25) is 14.4 Å². The summed E-state index contributed by atoms with van der Waals surface area (Å²) in [7, 11) is 0. The molecule has 73 heavy (non-hydrogen) atoms. The average Bonchev–Trinajstić information content (AvgIpc) is 3.37. The topological polar surface area (TPSA) is 175 Å². The van der Waals surface area contributed by atoms with E-state index in [0.717, 1.165) is 83.5 Å². The zero-order valence-electron chi connectivity index (χ0n) is 46.9. The molecule has 0 aromatic carbocycles. The first-order valence-electron chi connectivity index (χ1n) is 30.3. The minimum Gasteiger partial charge on any atom is -0.479 e. The molecule has 426 valence electrons. The van der Waals surface area contributed by atoms with Gasteiger partial charge >= 0.3 is 23.9 Å².